The molecule has 1 unspecified atom stereocenters. The van der Waals surface area contributed by atoms with Gasteiger partial charge in [-0.05, 0) is 37.6 Å². The topological polar surface area (TPSA) is 12.5 Å². The van der Waals surface area contributed by atoms with Crippen molar-refractivity contribution in [3.63, 3.8) is 0 Å². The Morgan fingerprint density at radius 3 is 2.23 bits per heavy atom. The minimum absolute atomic E-state index is 0.395. The molecule has 0 fully saturated rings. The molecule has 0 N–H and O–H groups in total. The van der Waals surface area contributed by atoms with E-state index >= 15 is 0 Å². The van der Waals surface area contributed by atoms with E-state index in [-0.39, 0.29) is 0 Å². The third-order valence-electron chi connectivity index (χ3n) is 3.89. The molecule has 0 aromatic heterocycles. The molecule has 0 spiro atoms. The zero-order chi connectivity index (χ0) is 15.6. The van der Waals surface area contributed by atoms with E-state index in [2.05, 4.69) is 49.1 Å². The van der Waals surface area contributed by atoms with E-state index in [0.29, 0.717) is 6.04 Å². The summed E-state index contributed by atoms with van der Waals surface area (Å²) in [5.74, 6) is 0.949. The van der Waals surface area contributed by atoms with Crippen LogP contribution in [0.15, 0.2) is 60.7 Å². The first-order valence-corrected chi connectivity index (χ1v) is 8.25. The molecule has 2 nitrogen and oxygen atoms in total. The predicted octanol–water partition coefficient (Wildman–Crippen LogP) is 4.76. The molecule has 0 amide bonds. The molecule has 2 aromatic rings. The van der Waals surface area contributed by atoms with Gasteiger partial charge in [0.05, 0.1) is 0 Å². The molecule has 0 aliphatic rings. The standard InChI is InChI=1S/C20H27NO/c1-3-4-15-21(16-19-11-7-5-8-12-19)18(2)17-22-20-13-9-6-10-14-20/h5-14,18H,3-4,15-17H2,1-2H3. The molecular formula is C20H27NO. The van der Waals surface area contributed by atoms with Crippen LogP contribution < -0.4 is 4.74 Å². The second kappa shape index (κ2) is 9.26. The number of hydrogen-bond donors (Lipinski definition) is 0. The van der Waals surface area contributed by atoms with E-state index < -0.39 is 0 Å². The van der Waals surface area contributed by atoms with Gasteiger partial charge in [0.2, 0.25) is 0 Å². The van der Waals surface area contributed by atoms with E-state index in [9.17, 15) is 0 Å². The largest absolute Gasteiger partial charge is 0.492 e. The van der Waals surface area contributed by atoms with Gasteiger partial charge in [-0.1, -0.05) is 61.9 Å². The van der Waals surface area contributed by atoms with Crippen LogP contribution >= 0.6 is 0 Å². The van der Waals surface area contributed by atoms with Crippen LogP contribution in [0.3, 0.4) is 0 Å². The fourth-order valence-corrected chi connectivity index (χ4v) is 2.47. The van der Waals surface area contributed by atoms with Crippen LogP contribution in [0.2, 0.25) is 0 Å². The molecular weight excluding hydrogens is 270 g/mol. The Morgan fingerprint density at radius 1 is 0.955 bits per heavy atom. The summed E-state index contributed by atoms with van der Waals surface area (Å²) in [6, 6.07) is 21.1. The summed E-state index contributed by atoms with van der Waals surface area (Å²) in [7, 11) is 0. The van der Waals surface area contributed by atoms with E-state index in [4.69, 9.17) is 4.74 Å². The Morgan fingerprint density at radius 2 is 1.59 bits per heavy atom. The van der Waals surface area contributed by atoms with Crippen molar-refractivity contribution in [3.05, 3.63) is 66.2 Å². The van der Waals surface area contributed by atoms with Crippen molar-refractivity contribution < 1.29 is 4.74 Å². The summed E-state index contributed by atoms with van der Waals surface area (Å²) in [6.07, 6.45) is 2.44. The Balaban J connectivity index is 1.92. The maximum absolute atomic E-state index is 5.92. The molecule has 2 heteroatoms. The summed E-state index contributed by atoms with van der Waals surface area (Å²) < 4.78 is 5.92. The van der Waals surface area contributed by atoms with Crippen molar-refractivity contribution >= 4 is 0 Å². The van der Waals surface area contributed by atoms with Crippen LogP contribution in [0.25, 0.3) is 0 Å². The smallest absolute Gasteiger partial charge is 0.119 e. The minimum Gasteiger partial charge on any atom is -0.492 e. The molecule has 0 heterocycles. The highest BCUT2D eigenvalue weighted by Crippen LogP contribution is 2.13. The second-order valence-electron chi connectivity index (χ2n) is 5.78. The van der Waals surface area contributed by atoms with Gasteiger partial charge in [-0.25, -0.2) is 0 Å². The Kier molecular flexibility index (Phi) is 6.98. The fourth-order valence-electron chi connectivity index (χ4n) is 2.47. The van der Waals surface area contributed by atoms with Crippen LogP contribution in [0.4, 0.5) is 0 Å². The average molecular weight is 297 g/mol. The summed E-state index contributed by atoms with van der Waals surface area (Å²) >= 11 is 0. The fraction of sp³-hybridized carbons (Fsp3) is 0.400. The second-order valence-corrected chi connectivity index (χ2v) is 5.78. The van der Waals surface area contributed by atoms with E-state index in [1.54, 1.807) is 0 Å². The maximum Gasteiger partial charge on any atom is 0.119 e. The molecule has 0 radical (unpaired) electrons. The molecule has 22 heavy (non-hydrogen) atoms. The Bertz CT molecular complexity index is 512. The van der Waals surface area contributed by atoms with Gasteiger partial charge in [-0.2, -0.15) is 0 Å². The van der Waals surface area contributed by atoms with E-state index in [1.807, 2.05) is 30.3 Å². The van der Waals surface area contributed by atoms with Crippen LogP contribution in [0, 0.1) is 0 Å². The number of rotatable bonds is 9. The van der Waals surface area contributed by atoms with Crippen LogP contribution in [-0.2, 0) is 6.54 Å². The lowest BCUT2D eigenvalue weighted by atomic mass is 10.1. The van der Waals surface area contributed by atoms with Crippen molar-refractivity contribution in [2.24, 2.45) is 0 Å². The quantitative estimate of drug-likeness (QED) is 0.662. The first kappa shape index (κ1) is 16.6. The predicted molar refractivity (Wildman–Crippen MR) is 93.2 cm³/mol. The zero-order valence-corrected chi connectivity index (χ0v) is 13.7. The van der Waals surface area contributed by atoms with Crippen molar-refractivity contribution in [3.8, 4) is 5.75 Å². The van der Waals surface area contributed by atoms with Crippen molar-refractivity contribution in [1.29, 1.82) is 0 Å². The molecule has 1 atom stereocenters. The molecule has 118 valence electrons. The highest BCUT2D eigenvalue weighted by Gasteiger charge is 2.14. The lowest BCUT2D eigenvalue weighted by Gasteiger charge is -2.29. The van der Waals surface area contributed by atoms with Gasteiger partial charge in [0, 0.05) is 12.6 Å². The van der Waals surface area contributed by atoms with Crippen LogP contribution in [-0.4, -0.2) is 24.1 Å². The van der Waals surface area contributed by atoms with Gasteiger partial charge in [0.25, 0.3) is 0 Å². The van der Waals surface area contributed by atoms with Crippen LogP contribution in [0.1, 0.15) is 32.3 Å². The third-order valence-corrected chi connectivity index (χ3v) is 3.89. The SMILES string of the molecule is CCCCN(Cc1ccccc1)C(C)COc1ccccc1. The molecule has 0 saturated heterocycles. The Hall–Kier alpha value is -1.80. The zero-order valence-electron chi connectivity index (χ0n) is 13.7. The van der Waals surface area contributed by atoms with Gasteiger partial charge in [-0.15, -0.1) is 0 Å². The lowest BCUT2D eigenvalue weighted by Crippen LogP contribution is -2.37. The average Bonchev–Trinajstić information content (AvgIpc) is 2.58. The summed E-state index contributed by atoms with van der Waals surface area (Å²) in [4.78, 5) is 2.52. The van der Waals surface area contributed by atoms with E-state index in [0.717, 1.165) is 25.4 Å². The highest BCUT2D eigenvalue weighted by molar-refractivity contribution is 5.21. The van der Waals surface area contributed by atoms with Crippen molar-refractivity contribution in [2.45, 2.75) is 39.3 Å². The number of benzene rings is 2. The van der Waals surface area contributed by atoms with E-state index in [1.165, 1.54) is 18.4 Å². The van der Waals surface area contributed by atoms with Gasteiger partial charge in [0.1, 0.15) is 12.4 Å². The monoisotopic (exact) mass is 297 g/mol. The minimum atomic E-state index is 0.395. The van der Waals surface area contributed by atoms with Crippen LogP contribution in [0.5, 0.6) is 5.75 Å². The third kappa shape index (κ3) is 5.53. The van der Waals surface area contributed by atoms with Gasteiger partial charge >= 0.3 is 0 Å². The summed E-state index contributed by atoms with van der Waals surface area (Å²) in [5, 5.41) is 0. The molecule has 2 rings (SSSR count). The number of hydrogen-bond acceptors (Lipinski definition) is 2. The highest BCUT2D eigenvalue weighted by atomic mass is 16.5. The van der Waals surface area contributed by atoms with Gasteiger partial charge in [0.15, 0.2) is 0 Å². The number of para-hydroxylation sites is 1. The molecule has 0 aliphatic heterocycles. The number of unbranched alkanes of at least 4 members (excludes halogenated alkanes) is 1. The normalized spacial score (nSPS) is 12.3. The van der Waals surface area contributed by atoms with Gasteiger partial charge in [-0.3, -0.25) is 4.90 Å². The molecule has 0 aliphatic carbocycles. The number of ether oxygens (including phenoxy) is 1. The van der Waals surface area contributed by atoms with Gasteiger partial charge < -0.3 is 4.74 Å². The van der Waals surface area contributed by atoms with Crippen molar-refractivity contribution in [2.75, 3.05) is 13.2 Å². The summed E-state index contributed by atoms with van der Waals surface area (Å²) in [5.41, 5.74) is 1.37. The first-order chi connectivity index (χ1) is 10.8. The van der Waals surface area contributed by atoms with Crippen molar-refractivity contribution in [1.82, 2.24) is 4.90 Å². The Labute approximate surface area is 134 Å². The molecule has 2 aromatic carbocycles. The molecule has 0 bridgehead atoms. The summed E-state index contributed by atoms with van der Waals surface area (Å²) in [6.45, 7) is 7.32. The number of nitrogens with zero attached hydrogens (tertiary/aromatic N) is 1. The molecule has 0 saturated carbocycles. The lowest BCUT2D eigenvalue weighted by molar-refractivity contribution is 0.137. The maximum atomic E-state index is 5.92. The first-order valence-electron chi connectivity index (χ1n) is 8.25.